The Labute approximate surface area is 127 Å². The van der Waals surface area contributed by atoms with Crippen molar-refractivity contribution in [1.82, 2.24) is 5.32 Å². The molecule has 0 aromatic heterocycles. The van der Waals surface area contributed by atoms with Gasteiger partial charge in [-0.1, -0.05) is 25.4 Å². The van der Waals surface area contributed by atoms with Crippen molar-refractivity contribution in [1.29, 1.82) is 0 Å². The molecule has 0 spiro atoms. The third-order valence-electron chi connectivity index (χ3n) is 2.56. The number of carbonyl (C=O) groups excluding carboxylic acids is 1. The lowest BCUT2D eigenvalue weighted by atomic mass is 10.2. The molecule has 1 rings (SSSR count). The maximum atomic E-state index is 12.1. The summed E-state index contributed by atoms with van der Waals surface area (Å²) in [5, 5.41) is 5.89. The maximum Gasteiger partial charge on any atom is 0.387 e. The summed E-state index contributed by atoms with van der Waals surface area (Å²) in [5.74, 6) is -0.273. The second-order valence-corrected chi connectivity index (χ2v) is 5.19. The number of alkyl halides is 2. The molecular formula is C14H19ClF2N2O2. The van der Waals surface area contributed by atoms with Crippen molar-refractivity contribution in [2.75, 3.05) is 11.9 Å². The van der Waals surface area contributed by atoms with Gasteiger partial charge in [-0.2, -0.15) is 8.78 Å². The van der Waals surface area contributed by atoms with E-state index in [1.54, 1.807) is 0 Å². The van der Waals surface area contributed by atoms with Gasteiger partial charge in [0.1, 0.15) is 5.75 Å². The fourth-order valence-corrected chi connectivity index (χ4v) is 1.86. The average molecular weight is 321 g/mol. The van der Waals surface area contributed by atoms with Gasteiger partial charge in [-0.25, -0.2) is 0 Å². The highest BCUT2D eigenvalue weighted by molar-refractivity contribution is 6.32. The van der Waals surface area contributed by atoms with Crippen molar-refractivity contribution < 1.29 is 18.3 Å². The van der Waals surface area contributed by atoms with Crippen LogP contribution in [-0.4, -0.2) is 25.1 Å². The Morgan fingerprint density at radius 1 is 1.38 bits per heavy atom. The molecule has 0 bridgehead atoms. The van der Waals surface area contributed by atoms with Crippen LogP contribution in [0.15, 0.2) is 18.2 Å². The largest absolute Gasteiger partial charge is 0.433 e. The summed E-state index contributed by atoms with van der Waals surface area (Å²) < 4.78 is 28.4. The SMILES string of the molecule is CC(C)NCCCC(=O)Nc1ccc(OC(F)F)c(Cl)c1. The number of halogens is 3. The highest BCUT2D eigenvalue weighted by Crippen LogP contribution is 2.28. The number of rotatable bonds is 8. The Kier molecular flexibility index (Phi) is 7.39. The van der Waals surface area contributed by atoms with Crippen LogP contribution in [0.4, 0.5) is 14.5 Å². The van der Waals surface area contributed by atoms with Crippen molar-refractivity contribution in [3.05, 3.63) is 23.2 Å². The van der Waals surface area contributed by atoms with Crippen LogP contribution in [0.5, 0.6) is 5.75 Å². The second-order valence-electron chi connectivity index (χ2n) is 4.78. The van der Waals surface area contributed by atoms with E-state index in [1.165, 1.54) is 18.2 Å². The van der Waals surface area contributed by atoms with Gasteiger partial charge in [-0.05, 0) is 31.2 Å². The molecule has 0 saturated heterocycles. The molecule has 21 heavy (non-hydrogen) atoms. The zero-order valence-corrected chi connectivity index (χ0v) is 12.7. The average Bonchev–Trinajstić information content (AvgIpc) is 2.37. The van der Waals surface area contributed by atoms with Gasteiger partial charge in [0.15, 0.2) is 0 Å². The lowest BCUT2D eigenvalue weighted by Crippen LogP contribution is -2.24. The molecule has 4 nitrogen and oxygen atoms in total. The van der Waals surface area contributed by atoms with E-state index in [2.05, 4.69) is 15.4 Å². The van der Waals surface area contributed by atoms with Gasteiger partial charge in [0.25, 0.3) is 0 Å². The van der Waals surface area contributed by atoms with Crippen LogP contribution in [0.3, 0.4) is 0 Å². The number of carbonyl (C=O) groups is 1. The van der Waals surface area contributed by atoms with E-state index in [-0.39, 0.29) is 16.7 Å². The normalized spacial score (nSPS) is 11.0. The Hall–Kier alpha value is -1.40. The van der Waals surface area contributed by atoms with E-state index in [4.69, 9.17) is 11.6 Å². The number of ether oxygens (including phenoxy) is 1. The molecule has 0 fully saturated rings. The van der Waals surface area contributed by atoms with Crippen molar-refractivity contribution in [3.63, 3.8) is 0 Å². The van der Waals surface area contributed by atoms with E-state index < -0.39 is 6.61 Å². The molecule has 0 atom stereocenters. The van der Waals surface area contributed by atoms with Gasteiger partial charge in [0.05, 0.1) is 5.02 Å². The first-order valence-corrected chi connectivity index (χ1v) is 7.04. The molecule has 2 N–H and O–H groups in total. The third-order valence-corrected chi connectivity index (χ3v) is 2.86. The Balaban J connectivity index is 2.44. The summed E-state index contributed by atoms with van der Waals surface area (Å²) >= 11 is 5.80. The zero-order chi connectivity index (χ0) is 15.8. The number of benzene rings is 1. The lowest BCUT2D eigenvalue weighted by Gasteiger charge is -2.10. The Bertz CT molecular complexity index is 470. The quantitative estimate of drug-likeness (QED) is 0.719. The molecule has 0 heterocycles. The second kappa shape index (κ2) is 8.79. The van der Waals surface area contributed by atoms with Gasteiger partial charge in [-0.3, -0.25) is 4.79 Å². The van der Waals surface area contributed by atoms with Gasteiger partial charge >= 0.3 is 6.61 Å². The fraction of sp³-hybridized carbons (Fsp3) is 0.500. The molecule has 0 radical (unpaired) electrons. The van der Waals surface area contributed by atoms with Gasteiger partial charge < -0.3 is 15.4 Å². The van der Waals surface area contributed by atoms with E-state index >= 15 is 0 Å². The van der Waals surface area contributed by atoms with Crippen molar-refractivity contribution >= 4 is 23.2 Å². The minimum atomic E-state index is -2.93. The molecule has 0 aliphatic carbocycles. The summed E-state index contributed by atoms with van der Waals surface area (Å²) in [7, 11) is 0. The Morgan fingerprint density at radius 3 is 2.67 bits per heavy atom. The molecule has 1 aromatic carbocycles. The van der Waals surface area contributed by atoms with Crippen LogP contribution in [0.2, 0.25) is 5.02 Å². The molecule has 1 aromatic rings. The van der Waals surface area contributed by atoms with Crippen LogP contribution < -0.4 is 15.4 Å². The van der Waals surface area contributed by atoms with Gasteiger partial charge in [0.2, 0.25) is 5.91 Å². The van der Waals surface area contributed by atoms with Gasteiger partial charge in [0, 0.05) is 18.2 Å². The molecular weight excluding hydrogens is 302 g/mol. The van der Waals surface area contributed by atoms with E-state index in [0.29, 0.717) is 24.6 Å². The van der Waals surface area contributed by atoms with Crippen molar-refractivity contribution in [2.24, 2.45) is 0 Å². The van der Waals surface area contributed by atoms with E-state index in [9.17, 15) is 13.6 Å². The fourth-order valence-electron chi connectivity index (χ4n) is 1.63. The van der Waals surface area contributed by atoms with E-state index in [1.807, 2.05) is 13.8 Å². The van der Waals surface area contributed by atoms with Crippen LogP contribution in [0.25, 0.3) is 0 Å². The number of nitrogens with one attached hydrogen (secondary N) is 2. The molecule has 118 valence electrons. The minimum absolute atomic E-state index is 0.0228. The number of hydrogen-bond acceptors (Lipinski definition) is 3. The maximum absolute atomic E-state index is 12.1. The summed E-state index contributed by atoms with van der Waals surface area (Å²) in [5.41, 5.74) is 0.448. The predicted octanol–water partition coefficient (Wildman–Crippen LogP) is 3.66. The highest BCUT2D eigenvalue weighted by atomic mass is 35.5. The van der Waals surface area contributed by atoms with Crippen LogP contribution in [0.1, 0.15) is 26.7 Å². The van der Waals surface area contributed by atoms with Gasteiger partial charge in [-0.15, -0.1) is 0 Å². The summed E-state index contributed by atoms with van der Waals surface area (Å²) in [6.45, 7) is 1.89. The first-order chi connectivity index (χ1) is 9.88. The predicted molar refractivity (Wildman–Crippen MR) is 79.1 cm³/mol. The molecule has 0 saturated carbocycles. The molecule has 0 aliphatic rings. The van der Waals surface area contributed by atoms with Crippen LogP contribution >= 0.6 is 11.6 Å². The zero-order valence-electron chi connectivity index (χ0n) is 12.0. The molecule has 1 amide bonds. The topological polar surface area (TPSA) is 50.4 Å². The first-order valence-electron chi connectivity index (χ1n) is 6.66. The summed E-state index contributed by atoms with van der Waals surface area (Å²) in [6.07, 6.45) is 1.08. The monoisotopic (exact) mass is 320 g/mol. The van der Waals surface area contributed by atoms with Crippen molar-refractivity contribution in [3.8, 4) is 5.75 Å². The number of anilines is 1. The number of amides is 1. The standard InChI is InChI=1S/C14H19ClF2N2O2/c1-9(2)18-7-3-4-13(20)19-10-5-6-12(11(15)8-10)21-14(16)17/h5-6,8-9,14,18H,3-4,7H2,1-2H3,(H,19,20). The number of hydrogen-bond donors (Lipinski definition) is 2. The molecule has 0 aliphatic heterocycles. The Morgan fingerprint density at radius 2 is 2.10 bits per heavy atom. The summed E-state index contributed by atoms with van der Waals surface area (Å²) in [4.78, 5) is 11.7. The first kappa shape index (κ1) is 17.7. The lowest BCUT2D eigenvalue weighted by molar-refractivity contribution is -0.116. The molecule has 0 unspecified atom stereocenters. The smallest absolute Gasteiger partial charge is 0.387 e. The highest BCUT2D eigenvalue weighted by Gasteiger charge is 2.10. The minimum Gasteiger partial charge on any atom is -0.433 e. The third kappa shape index (κ3) is 7.24. The van der Waals surface area contributed by atoms with Crippen LogP contribution in [-0.2, 0) is 4.79 Å². The van der Waals surface area contributed by atoms with Crippen molar-refractivity contribution in [2.45, 2.75) is 39.3 Å². The van der Waals surface area contributed by atoms with Crippen LogP contribution in [0, 0.1) is 0 Å². The molecule has 7 heteroatoms. The van der Waals surface area contributed by atoms with E-state index in [0.717, 1.165) is 6.54 Å². The summed E-state index contributed by atoms with van der Waals surface area (Å²) in [6, 6.07) is 4.52.